The molecule has 4 saturated heterocycles. The molecule has 492 valence electrons. The van der Waals surface area contributed by atoms with Crippen LogP contribution < -0.4 is 24.9 Å². The number of halogens is 9. The van der Waals surface area contributed by atoms with E-state index >= 15 is 0 Å². The zero-order chi connectivity index (χ0) is 67.8. The predicted octanol–water partition coefficient (Wildman–Crippen LogP) is 13.8. The average Bonchev–Trinajstić information content (AvgIpc) is 1.27. The third-order valence-electron chi connectivity index (χ3n) is 15.4. The maximum atomic E-state index is 13.5. The summed E-state index contributed by atoms with van der Waals surface area (Å²) in [4.78, 5) is 86.4. The van der Waals surface area contributed by atoms with Gasteiger partial charge in [-0.3, -0.25) is 24.2 Å². The van der Waals surface area contributed by atoms with Crippen molar-refractivity contribution in [1.29, 1.82) is 5.26 Å². The third-order valence-corrected chi connectivity index (χ3v) is 16.3. The number of carbonyl (C=O) groups is 6. The van der Waals surface area contributed by atoms with Gasteiger partial charge in [0, 0.05) is 68.1 Å². The van der Waals surface area contributed by atoms with E-state index in [1.54, 1.807) is 74.7 Å². The highest BCUT2D eigenvalue weighted by atomic mass is 35.5. The Bertz CT molecular complexity index is 3330. The van der Waals surface area contributed by atoms with Gasteiger partial charge in [-0.25, -0.2) is 32.5 Å². The first-order valence-electron chi connectivity index (χ1n) is 29.1. The number of nitrogens with one attached hydrogen (secondary N) is 1. The molecular formula is C63H78Cl3F6N9O9. The van der Waals surface area contributed by atoms with Gasteiger partial charge in [-0.2, -0.15) is 18.4 Å². The van der Waals surface area contributed by atoms with Crippen molar-refractivity contribution in [3.8, 4) is 6.07 Å². The summed E-state index contributed by atoms with van der Waals surface area (Å²) in [5.41, 5.74) is -1.42. The molecule has 27 heteroatoms. The van der Waals surface area contributed by atoms with E-state index in [1.807, 2.05) is 13.8 Å². The summed E-state index contributed by atoms with van der Waals surface area (Å²) in [6.07, 6.45) is -0.591. The van der Waals surface area contributed by atoms with Gasteiger partial charge >= 0.3 is 24.3 Å². The lowest BCUT2D eigenvalue weighted by Gasteiger charge is -2.33. The lowest BCUT2D eigenvalue weighted by Crippen LogP contribution is -2.50. The van der Waals surface area contributed by atoms with E-state index in [-0.39, 0.29) is 62.6 Å². The van der Waals surface area contributed by atoms with Crippen LogP contribution in [0.5, 0.6) is 0 Å². The molecule has 0 aliphatic carbocycles. The van der Waals surface area contributed by atoms with Crippen LogP contribution >= 0.6 is 34.8 Å². The number of likely N-dealkylation sites (tertiary alicyclic amines) is 2. The van der Waals surface area contributed by atoms with Crippen molar-refractivity contribution in [3.63, 3.8) is 0 Å². The topological polar surface area (TPSA) is 209 Å². The van der Waals surface area contributed by atoms with Crippen LogP contribution in [0.2, 0.25) is 15.1 Å². The molecule has 0 radical (unpaired) electrons. The van der Waals surface area contributed by atoms with E-state index in [9.17, 15) is 60.4 Å². The van der Waals surface area contributed by atoms with E-state index in [1.165, 1.54) is 85.8 Å². The van der Waals surface area contributed by atoms with Gasteiger partial charge in [-0.05, 0) is 188 Å². The number of alkyl halides is 3. The molecule has 5 amide bonds. The number of carboxylic acids is 1. The van der Waals surface area contributed by atoms with Gasteiger partial charge in [0.2, 0.25) is 17.7 Å². The highest BCUT2D eigenvalue weighted by Crippen LogP contribution is 2.40. The fraction of sp³-hybridized carbons (Fsp3) is 0.524. The number of amides is 5. The third kappa shape index (κ3) is 18.8. The quantitative estimate of drug-likeness (QED) is 0.158. The summed E-state index contributed by atoms with van der Waals surface area (Å²) in [7, 11) is 4.74. The molecule has 0 spiro atoms. The largest absolute Gasteiger partial charge is 0.480 e. The van der Waals surface area contributed by atoms with Crippen molar-refractivity contribution in [1.82, 2.24) is 20.1 Å². The number of nitriles is 1. The molecule has 0 bridgehead atoms. The number of rotatable bonds is 8. The normalized spacial score (nSPS) is 21.3. The Morgan fingerprint density at radius 1 is 0.600 bits per heavy atom. The Morgan fingerprint density at radius 3 is 1.37 bits per heavy atom. The van der Waals surface area contributed by atoms with Crippen LogP contribution in [0.25, 0.3) is 0 Å². The number of ether oxygens (including phenoxy) is 2. The molecule has 4 aliphatic heterocycles. The average molecular weight is 1330 g/mol. The summed E-state index contributed by atoms with van der Waals surface area (Å²) in [6.45, 7) is 19.6. The number of pyridine rings is 1. The van der Waals surface area contributed by atoms with Gasteiger partial charge in [-0.15, -0.1) is 0 Å². The smallest absolute Gasteiger partial charge is 0.417 e. The van der Waals surface area contributed by atoms with E-state index in [0.29, 0.717) is 61.6 Å². The van der Waals surface area contributed by atoms with Crippen LogP contribution in [0.15, 0.2) is 60.7 Å². The van der Waals surface area contributed by atoms with Crippen LogP contribution in [-0.2, 0) is 34.8 Å². The molecule has 3 aromatic carbocycles. The second kappa shape index (κ2) is 30.4. The molecule has 18 nitrogen and oxygen atoms in total. The molecular weight excluding hydrogens is 1250 g/mol. The van der Waals surface area contributed by atoms with Crippen molar-refractivity contribution in [2.45, 2.75) is 193 Å². The van der Waals surface area contributed by atoms with Gasteiger partial charge in [0.05, 0.1) is 26.7 Å². The minimum atomic E-state index is -4.74. The number of likely N-dealkylation sites (N-methyl/N-ethyl adjacent to an activating group) is 3. The highest BCUT2D eigenvalue weighted by Gasteiger charge is 2.45. The molecule has 8 rings (SSSR count). The number of hydrogen-bond acceptors (Lipinski definition) is 12. The number of benzene rings is 3. The van der Waals surface area contributed by atoms with E-state index in [0.717, 1.165) is 25.0 Å². The summed E-state index contributed by atoms with van der Waals surface area (Å²) in [6, 6.07) is 12.2. The monoisotopic (exact) mass is 1320 g/mol. The number of aliphatic carboxylic acids is 1. The number of hydrogen-bond donors (Lipinski definition) is 2. The van der Waals surface area contributed by atoms with Crippen molar-refractivity contribution in [3.05, 3.63) is 110 Å². The highest BCUT2D eigenvalue weighted by molar-refractivity contribution is 6.31. The minimum absolute atomic E-state index is 0.0120. The van der Waals surface area contributed by atoms with E-state index in [4.69, 9.17) is 49.4 Å². The molecule has 0 saturated carbocycles. The van der Waals surface area contributed by atoms with Gasteiger partial charge in [0.25, 0.3) is 0 Å². The number of carbonyl (C=O) groups excluding carboxylic acids is 5. The Hall–Kier alpha value is -7.07. The Balaban J connectivity index is 0.000000226. The Labute approximate surface area is 536 Å². The second-order valence-corrected chi connectivity index (χ2v) is 25.9. The molecule has 1 aromatic heterocycles. The van der Waals surface area contributed by atoms with Gasteiger partial charge < -0.3 is 39.5 Å². The van der Waals surface area contributed by atoms with Gasteiger partial charge in [0.15, 0.2) is 0 Å². The zero-order valence-corrected chi connectivity index (χ0v) is 55.0. The predicted molar refractivity (Wildman–Crippen MR) is 332 cm³/mol. The van der Waals surface area contributed by atoms with Crippen LogP contribution in [0.3, 0.4) is 0 Å². The molecule has 8 atom stereocenters. The van der Waals surface area contributed by atoms with Crippen LogP contribution in [0, 0.1) is 35.7 Å². The molecule has 5 heterocycles. The zero-order valence-electron chi connectivity index (χ0n) is 52.7. The fourth-order valence-corrected chi connectivity index (χ4v) is 11.2. The first-order valence-corrected chi connectivity index (χ1v) is 30.3. The summed E-state index contributed by atoms with van der Waals surface area (Å²) in [5.74, 6) is -3.47. The summed E-state index contributed by atoms with van der Waals surface area (Å²) >= 11 is 17.3. The fourth-order valence-electron chi connectivity index (χ4n) is 10.7. The Morgan fingerprint density at radius 2 is 0.989 bits per heavy atom. The maximum Gasteiger partial charge on any atom is 0.417 e. The number of aryl methyl sites for hydroxylation is 1. The molecule has 4 fully saturated rings. The molecule has 4 aliphatic rings. The van der Waals surface area contributed by atoms with Crippen molar-refractivity contribution < 1.29 is 69.7 Å². The lowest BCUT2D eigenvalue weighted by molar-refractivity contribution is -0.142. The SMILES string of the molecule is C[C@@H]1CC[C@@H](C(=O)N(C)c2ccc(F)c(Cl)c2)N1.C[C@@H]1CC[C@@H](C(=O)N(C)c2ccc(F)c(Cl)c2)N1C(=O)OC(C)(C)C.C[C@@H]1CC[C@@H](C(=O)O)N1C(=O)OC(C)(C)C.Cc1cc(C(F)(F)F)c(C#N)c(N2[C@H](C)CC[C@H]2C(=O)N(C)c2ccc(F)c(Cl)c2)n1. The minimum Gasteiger partial charge on any atom is -0.480 e. The van der Waals surface area contributed by atoms with Crippen LogP contribution in [-0.4, -0.2) is 136 Å². The maximum absolute atomic E-state index is 13.5. The standard InChI is InChI=1S/C21H19ClF4N4O.C18H24ClFN2O3.C13H16ClFN2O.C11H19NO4/c1-11-8-15(21(24,25)26)14(10-27)19(28-11)30-12(2)4-7-18(30)20(31)29(3)13-5-6-17(23)16(22)9-13;1-11-6-9-15(22(11)17(24)25-18(2,3)4)16(23)21(5)12-7-8-14(20)13(19)10-12;1-8-3-6-12(16-8)13(18)17(2)9-4-5-11(15)10(14)7-9;1-7-5-6-8(9(13)14)12(7)10(15)16-11(2,3)4/h5-6,8-9,12,18H,4,7H2,1-3H3;7-8,10-11,15H,6,9H2,1-5H3;4-5,7-8,12,16H,3,6H2,1-2H3;7-8H,5-6H2,1-4H3,(H,13,14)/t12-,18+;11-,15+;8-,12+;7-,8+/m1111/s1. The van der Waals surface area contributed by atoms with Gasteiger partial charge in [0.1, 0.15) is 64.2 Å². The van der Waals surface area contributed by atoms with Crippen molar-refractivity contribution in [2.75, 3.05) is 40.7 Å². The van der Waals surface area contributed by atoms with E-state index in [2.05, 4.69) is 17.2 Å². The molecule has 4 aromatic rings. The first kappa shape index (κ1) is 73.7. The summed E-state index contributed by atoms with van der Waals surface area (Å²) in [5, 5.41) is 21.6. The molecule has 90 heavy (non-hydrogen) atoms. The van der Waals surface area contributed by atoms with Crippen LogP contribution in [0.1, 0.15) is 137 Å². The van der Waals surface area contributed by atoms with Gasteiger partial charge in [-0.1, -0.05) is 34.8 Å². The number of carboxylic acid groups (broad SMARTS) is 1. The lowest BCUT2D eigenvalue weighted by atomic mass is 10.1. The Kier molecular flexibility index (Phi) is 24.9. The second-order valence-electron chi connectivity index (χ2n) is 24.7. The first-order chi connectivity index (χ1) is 41.7. The summed E-state index contributed by atoms with van der Waals surface area (Å²) < 4.78 is 91.1. The number of anilines is 4. The van der Waals surface area contributed by atoms with Crippen molar-refractivity contribution >= 4 is 93.6 Å². The number of aromatic nitrogens is 1. The number of nitrogens with zero attached hydrogens (tertiary/aromatic N) is 8. The van der Waals surface area contributed by atoms with E-state index < -0.39 is 88.1 Å². The molecule has 0 unspecified atom stereocenters. The van der Waals surface area contributed by atoms with Crippen molar-refractivity contribution in [2.24, 2.45) is 0 Å². The molecule has 2 N–H and O–H groups in total. The van der Waals surface area contributed by atoms with Crippen LogP contribution in [0.4, 0.5) is 58.8 Å².